The Morgan fingerprint density at radius 2 is 1.96 bits per heavy atom. The van der Waals surface area contributed by atoms with Gasteiger partial charge in [0.25, 0.3) is 5.91 Å². The number of carbonyl (C=O) groups is 1. The van der Waals surface area contributed by atoms with Crippen molar-refractivity contribution in [3.8, 4) is 0 Å². The normalized spacial score (nSPS) is 10.3. The molecule has 0 spiro atoms. The van der Waals surface area contributed by atoms with Crippen molar-refractivity contribution in [1.82, 2.24) is 15.3 Å². The third-order valence-electron chi connectivity index (χ3n) is 3.31. The zero-order valence-corrected chi connectivity index (χ0v) is 13.2. The largest absolute Gasteiger partial charge is 0.354 e. The first-order valence-electron chi connectivity index (χ1n) is 7.78. The van der Waals surface area contributed by atoms with Crippen LogP contribution in [0.5, 0.6) is 0 Å². The van der Waals surface area contributed by atoms with E-state index >= 15 is 0 Å². The van der Waals surface area contributed by atoms with Gasteiger partial charge in [-0.3, -0.25) is 4.79 Å². The van der Waals surface area contributed by atoms with Gasteiger partial charge in [0.2, 0.25) is 5.95 Å². The number of aromatic nitrogens is 2. The van der Waals surface area contributed by atoms with Crippen LogP contribution < -0.4 is 10.6 Å². The molecule has 1 amide bonds. The van der Waals surface area contributed by atoms with Gasteiger partial charge in [-0.05, 0) is 36.6 Å². The molecule has 0 aliphatic carbocycles. The maximum atomic E-state index is 12.8. The molecule has 0 bridgehead atoms. The van der Waals surface area contributed by atoms with Crippen LogP contribution in [0.1, 0.15) is 35.8 Å². The van der Waals surface area contributed by atoms with E-state index in [4.69, 9.17) is 0 Å². The summed E-state index contributed by atoms with van der Waals surface area (Å²) in [6, 6.07) is 7.96. The Kier molecular flexibility index (Phi) is 6.47. The number of unbranched alkanes of at least 4 members (excludes halogenated alkanes) is 1. The van der Waals surface area contributed by atoms with Crippen LogP contribution in [0.15, 0.2) is 36.5 Å². The van der Waals surface area contributed by atoms with Gasteiger partial charge in [0.05, 0.1) is 0 Å². The first-order chi connectivity index (χ1) is 11.2. The molecule has 6 heteroatoms. The summed E-state index contributed by atoms with van der Waals surface area (Å²) in [5, 5.41) is 5.90. The Balaban J connectivity index is 1.84. The third-order valence-corrected chi connectivity index (χ3v) is 3.31. The van der Waals surface area contributed by atoms with Crippen molar-refractivity contribution in [2.45, 2.75) is 26.2 Å². The molecular weight excluding hydrogens is 295 g/mol. The molecule has 1 heterocycles. The van der Waals surface area contributed by atoms with E-state index in [2.05, 4.69) is 27.5 Å². The van der Waals surface area contributed by atoms with Crippen LogP contribution in [-0.4, -0.2) is 29.0 Å². The summed E-state index contributed by atoms with van der Waals surface area (Å²) >= 11 is 0. The molecular formula is C17H21FN4O. The van der Waals surface area contributed by atoms with Crippen molar-refractivity contribution in [2.75, 3.05) is 18.4 Å². The molecule has 0 radical (unpaired) electrons. The second kappa shape index (κ2) is 8.82. The van der Waals surface area contributed by atoms with Crippen molar-refractivity contribution in [3.63, 3.8) is 0 Å². The van der Waals surface area contributed by atoms with Crippen molar-refractivity contribution in [3.05, 3.63) is 53.6 Å². The van der Waals surface area contributed by atoms with Crippen LogP contribution in [0, 0.1) is 5.82 Å². The predicted octanol–water partition coefficient (Wildman–Crippen LogP) is 2.80. The van der Waals surface area contributed by atoms with E-state index in [-0.39, 0.29) is 11.7 Å². The standard InChI is InChI=1S/C17H21FN4O/c1-2-3-10-19-16(23)15-9-12-21-17(22-15)20-11-8-13-4-6-14(18)7-5-13/h4-7,9,12H,2-3,8,10-11H2,1H3,(H,19,23)(H,20,21,22). The van der Waals surface area contributed by atoms with E-state index in [0.29, 0.717) is 24.7 Å². The Hall–Kier alpha value is -2.50. The van der Waals surface area contributed by atoms with Gasteiger partial charge in [-0.15, -0.1) is 0 Å². The van der Waals surface area contributed by atoms with Gasteiger partial charge in [0, 0.05) is 19.3 Å². The smallest absolute Gasteiger partial charge is 0.270 e. The molecule has 1 aromatic carbocycles. The van der Waals surface area contributed by atoms with E-state index in [1.807, 2.05) is 0 Å². The predicted molar refractivity (Wildman–Crippen MR) is 87.9 cm³/mol. The SMILES string of the molecule is CCCCNC(=O)c1ccnc(NCCc2ccc(F)cc2)n1. The summed E-state index contributed by atoms with van der Waals surface area (Å²) in [6.07, 6.45) is 4.25. The summed E-state index contributed by atoms with van der Waals surface area (Å²) in [7, 11) is 0. The first-order valence-corrected chi connectivity index (χ1v) is 7.78. The molecule has 0 atom stereocenters. The van der Waals surface area contributed by atoms with Crippen molar-refractivity contribution in [1.29, 1.82) is 0 Å². The maximum absolute atomic E-state index is 12.8. The lowest BCUT2D eigenvalue weighted by molar-refractivity contribution is 0.0948. The Bertz CT molecular complexity index is 631. The molecule has 2 N–H and O–H groups in total. The van der Waals surface area contributed by atoms with Crippen LogP contribution in [0.3, 0.4) is 0 Å². The molecule has 0 fully saturated rings. The molecule has 5 nitrogen and oxygen atoms in total. The van der Waals surface area contributed by atoms with Crippen LogP contribution in [0.4, 0.5) is 10.3 Å². The zero-order chi connectivity index (χ0) is 16.5. The van der Waals surface area contributed by atoms with Crippen LogP contribution in [-0.2, 0) is 6.42 Å². The highest BCUT2D eigenvalue weighted by molar-refractivity contribution is 5.92. The molecule has 0 saturated heterocycles. The maximum Gasteiger partial charge on any atom is 0.270 e. The lowest BCUT2D eigenvalue weighted by Gasteiger charge is -2.07. The monoisotopic (exact) mass is 316 g/mol. The van der Waals surface area contributed by atoms with Crippen LogP contribution in [0.2, 0.25) is 0 Å². The number of anilines is 1. The zero-order valence-electron chi connectivity index (χ0n) is 13.2. The molecule has 0 saturated carbocycles. The number of halogens is 1. The van der Waals surface area contributed by atoms with Gasteiger partial charge in [0.15, 0.2) is 0 Å². The van der Waals surface area contributed by atoms with Gasteiger partial charge in [-0.2, -0.15) is 0 Å². The first kappa shape index (κ1) is 16.9. The molecule has 2 rings (SSSR count). The minimum atomic E-state index is -0.244. The quantitative estimate of drug-likeness (QED) is 0.735. The van der Waals surface area contributed by atoms with E-state index in [9.17, 15) is 9.18 Å². The fraction of sp³-hybridized carbons (Fsp3) is 0.353. The van der Waals surface area contributed by atoms with E-state index in [0.717, 1.165) is 24.8 Å². The molecule has 0 unspecified atom stereocenters. The fourth-order valence-corrected chi connectivity index (χ4v) is 2.01. The topological polar surface area (TPSA) is 66.9 Å². The highest BCUT2D eigenvalue weighted by atomic mass is 19.1. The van der Waals surface area contributed by atoms with Gasteiger partial charge < -0.3 is 10.6 Å². The Morgan fingerprint density at radius 1 is 1.17 bits per heavy atom. The van der Waals surface area contributed by atoms with Crippen molar-refractivity contribution < 1.29 is 9.18 Å². The second-order valence-corrected chi connectivity index (χ2v) is 5.18. The number of nitrogens with zero attached hydrogens (tertiary/aromatic N) is 2. The van der Waals surface area contributed by atoms with Gasteiger partial charge in [-0.25, -0.2) is 14.4 Å². The molecule has 0 aliphatic heterocycles. The average Bonchev–Trinajstić information content (AvgIpc) is 2.57. The molecule has 2 aromatic rings. The molecule has 23 heavy (non-hydrogen) atoms. The van der Waals surface area contributed by atoms with E-state index in [1.165, 1.54) is 12.1 Å². The van der Waals surface area contributed by atoms with Crippen LogP contribution in [0.25, 0.3) is 0 Å². The van der Waals surface area contributed by atoms with Crippen LogP contribution >= 0.6 is 0 Å². The minimum absolute atomic E-state index is 0.192. The third kappa shape index (κ3) is 5.65. The lowest BCUT2D eigenvalue weighted by atomic mass is 10.1. The number of hydrogen-bond donors (Lipinski definition) is 2. The highest BCUT2D eigenvalue weighted by Crippen LogP contribution is 2.05. The highest BCUT2D eigenvalue weighted by Gasteiger charge is 2.07. The summed E-state index contributed by atoms with van der Waals surface area (Å²) in [5.74, 6) is -0.0236. The summed E-state index contributed by atoms with van der Waals surface area (Å²) in [6.45, 7) is 3.32. The lowest BCUT2D eigenvalue weighted by Crippen LogP contribution is -2.25. The van der Waals surface area contributed by atoms with E-state index < -0.39 is 0 Å². The van der Waals surface area contributed by atoms with Gasteiger partial charge >= 0.3 is 0 Å². The fourth-order valence-electron chi connectivity index (χ4n) is 2.01. The summed E-state index contributed by atoms with van der Waals surface area (Å²) in [5.41, 5.74) is 1.37. The molecule has 122 valence electrons. The summed E-state index contributed by atoms with van der Waals surface area (Å²) < 4.78 is 12.8. The number of rotatable bonds is 8. The molecule has 0 aliphatic rings. The summed E-state index contributed by atoms with van der Waals surface area (Å²) in [4.78, 5) is 20.2. The van der Waals surface area contributed by atoms with Gasteiger partial charge in [-0.1, -0.05) is 25.5 Å². The van der Waals surface area contributed by atoms with E-state index in [1.54, 1.807) is 24.4 Å². The number of carbonyl (C=O) groups excluding carboxylic acids is 1. The number of hydrogen-bond acceptors (Lipinski definition) is 4. The number of nitrogens with one attached hydrogen (secondary N) is 2. The Morgan fingerprint density at radius 3 is 2.70 bits per heavy atom. The molecule has 1 aromatic heterocycles. The average molecular weight is 316 g/mol. The Labute approximate surface area is 135 Å². The van der Waals surface area contributed by atoms with Crippen molar-refractivity contribution >= 4 is 11.9 Å². The number of benzene rings is 1. The van der Waals surface area contributed by atoms with Gasteiger partial charge in [0.1, 0.15) is 11.5 Å². The van der Waals surface area contributed by atoms with Crippen molar-refractivity contribution in [2.24, 2.45) is 0 Å². The number of amides is 1. The second-order valence-electron chi connectivity index (χ2n) is 5.18. The minimum Gasteiger partial charge on any atom is -0.354 e.